The van der Waals surface area contributed by atoms with Crippen molar-refractivity contribution in [3.63, 3.8) is 0 Å². The first-order chi connectivity index (χ1) is 10.6. The summed E-state index contributed by atoms with van der Waals surface area (Å²) >= 11 is 0. The molecule has 0 aromatic heterocycles. The highest BCUT2D eigenvalue weighted by molar-refractivity contribution is 5.81. The zero-order valence-corrected chi connectivity index (χ0v) is 14.7. The molecule has 0 aromatic rings. The van der Waals surface area contributed by atoms with Gasteiger partial charge in [-0.05, 0) is 26.7 Å². The van der Waals surface area contributed by atoms with Gasteiger partial charge in [-0.25, -0.2) is 0 Å². The van der Waals surface area contributed by atoms with Crippen LogP contribution < -0.4 is 0 Å². The zero-order chi connectivity index (χ0) is 15.8. The minimum Gasteiger partial charge on any atom is -0.373 e. The fraction of sp³-hybridized carbons (Fsp3) is 0.947. The molecule has 3 atom stereocenters. The lowest BCUT2D eigenvalue weighted by molar-refractivity contribution is -0.125. The molecule has 0 amide bonds. The molecule has 2 rings (SSSR count). The average molecular weight is 309 g/mol. The van der Waals surface area contributed by atoms with Crippen molar-refractivity contribution in [2.75, 3.05) is 19.6 Å². The van der Waals surface area contributed by atoms with Gasteiger partial charge in [0.25, 0.3) is 0 Å². The quantitative estimate of drug-likeness (QED) is 0.766. The SMILES string of the molecule is C[C@H]1CN(C[C@@H]2CCCCCCCCCCC2=O)C[C@H](C)O1. The second kappa shape index (κ2) is 9.67. The number of hydrogen-bond acceptors (Lipinski definition) is 3. The molecule has 0 N–H and O–H groups in total. The predicted molar refractivity (Wildman–Crippen MR) is 91.1 cm³/mol. The van der Waals surface area contributed by atoms with Gasteiger partial charge in [-0.15, -0.1) is 0 Å². The molecular weight excluding hydrogens is 274 g/mol. The Balaban J connectivity index is 1.87. The monoisotopic (exact) mass is 309 g/mol. The van der Waals surface area contributed by atoms with E-state index in [1.165, 1.54) is 44.9 Å². The zero-order valence-electron chi connectivity index (χ0n) is 14.7. The van der Waals surface area contributed by atoms with Crippen molar-refractivity contribution < 1.29 is 9.53 Å². The molecule has 3 heteroatoms. The summed E-state index contributed by atoms with van der Waals surface area (Å²) in [6, 6.07) is 0. The van der Waals surface area contributed by atoms with Crippen molar-refractivity contribution in [1.29, 1.82) is 0 Å². The topological polar surface area (TPSA) is 29.5 Å². The first-order valence-electron chi connectivity index (χ1n) is 9.55. The number of carbonyl (C=O) groups excluding carboxylic acids is 1. The van der Waals surface area contributed by atoms with Crippen LogP contribution in [0.1, 0.15) is 78.1 Å². The Morgan fingerprint density at radius 2 is 1.45 bits per heavy atom. The summed E-state index contributed by atoms with van der Waals surface area (Å²) in [7, 11) is 0. The third-order valence-corrected chi connectivity index (χ3v) is 5.15. The molecule has 2 aliphatic rings. The molecular formula is C19H35NO2. The van der Waals surface area contributed by atoms with E-state index in [-0.39, 0.29) is 5.92 Å². The standard InChI is InChI=1S/C19H35NO2/c1-16-13-20(14-17(2)22-16)15-18-11-9-7-5-3-4-6-8-10-12-19(18)21/h16-18H,3-15H2,1-2H3/t16-,17-,18-/m0/s1. The second-order valence-electron chi connectivity index (χ2n) is 7.51. The van der Waals surface area contributed by atoms with Gasteiger partial charge in [-0.1, -0.05) is 44.9 Å². The fourth-order valence-electron chi connectivity index (χ4n) is 4.05. The highest BCUT2D eigenvalue weighted by Gasteiger charge is 2.27. The van der Waals surface area contributed by atoms with Crippen molar-refractivity contribution in [3.8, 4) is 0 Å². The van der Waals surface area contributed by atoms with E-state index >= 15 is 0 Å². The van der Waals surface area contributed by atoms with Gasteiger partial charge in [0.1, 0.15) is 5.78 Å². The highest BCUT2D eigenvalue weighted by atomic mass is 16.5. The van der Waals surface area contributed by atoms with Crippen LogP contribution in [0.4, 0.5) is 0 Å². The Morgan fingerprint density at radius 3 is 2.09 bits per heavy atom. The molecule has 2 fully saturated rings. The Labute approximate surface area is 136 Å². The van der Waals surface area contributed by atoms with Crippen molar-refractivity contribution in [2.45, 2.75) is 90.3 Å². The van der Waals surface area contributed by atoms with Gasteiger partial charge in [-0.3, -0.25) is 9.69 Å². The van der Waals surface area contributed by atoms with Gasteiger partial charge in [0.2, 0.25) is 0 Å². The van der Waals surface area contributed by atoms with E-state index in [4.69, 9.17) is 4.74 Å². The number of rotatable bonds is 2. The smallest absolute Gasteiger partial charge is 0.137 e. The normalized spacial score (nSPS) is 33.9. The van der Waals surface area contributed by atoms with Crippen LogP contribution in [-0.2, 0) is 9.53 Å². The van der Waals surface area contributed by atoms with Crippen LogP contribution in [0.2, 0.25) is 0 Å². The average Bonchev–Trinajstić information content (AvgIpc) is 2.45. The summed E-state index contributed by atoms with van der Waals surface area (Å²) in [6.07, 6.45) is 12.8. The van der Waals surface area contributed by atoms with Crippen molar-refractivity contribution in [1.82, 2.24) is 4.90 Å². The van der Waals surface area contributed by atoms with Gasteiger partial charge in [0.15, 0.2) is 0 Å². The van der Waals surface area contributed by atoms with Crippen LogP contribution in [0, 0.1) is 5.92 Å². The Bertz CT molecular complexity index is 321. The third-order valence-electron chi connectivity index (χ3n) is 5.15. The summed E-state index contributed by atoms with van der Waals surface area (Å²) < 4.78 is 5.82. The van der Waals surface area contributed by atoms with E-state index in [2.05, 4.69) is 18.7 Å². The van der Waals surface area contributed by atoms with Gasteiger partial charge in [0.05, 0.1) is 12.2 Å². The Morgan fingerprint density at radius 1 is 0.909 bits per heavy atom. The molecule has 0 bridgehead atoms. The van der Waals surface area contributed by atoms with Crippen LogP contribution in [0.15, 0.2) is 0 Å². The van der Waals surface area contributed by atoms with E-state index in [9.17, 15) is 4.79 Å². The first-order valence-corrected chi connectivity index (χ1v) is 9.55. The molecule has 1 aliphatic heterocycles. The number of Topliss-reactive ketones (excluding diaryl/α,β-unsaturated/α-hetero) is 1. The molecule has 1 heterocycles. The van der Waals surface area contributed by atoms with E-state index in [0.717, 1.165) is 38.9 Å². The van der Waals surface area contributed by atoms with Crippen LogP contribution >= 0.6 is 0 Å². The van der Waals surface area contributed by atoms with E-state index in [1.807, 2.05) is 0 Å². The van der Waals surface area contributed by atoms with Crippen LogP contribution in [0.25, 0.3) is 0 Å². The molecule has 1 saturated heterocycles. The highest BCUT2D eigenvalue weighted by Crippen LogP contribution is 2.21. The largest absolute Gasteiger partial charge is 0.373 e. The Kier molecular flexibility index (Phi) is 7.88. The number of ketones is 1. The molecule has 3 nitrogen and oxygen atoms in total. The molecule has 1 aliphatic carbocycles. The van der Waals surface area contributed by atoms with E-state index in [1.54, 1.807) is 0 Å². The van der Waals surface area contributed by atoms with Crippen molar-refractivity contribution in [2.24, 2.45) is 5.92 Å². The lowest BCUT2D eigenvalue weighted by Gasteiger charge is -2.37. The van der Waals surface area contributed by atoms with E-state index < -0.39 is 0 Å². The van der Waals surface area contributed by atoms with Gasteiger partial charge < -0.3 is 4.74 Å². The lowest BCUT2D eigenvalue weighted by Crippen LogP contribution is -2.47. The number of hydrogen-bond donors (Lipinski definition) is 0. The Hall–Kier alpha value is -0.410. The third kappa shape index (κ3) is 6.37. The lowest BCUT2D eigenvalue weighted by atomic mass is 9.91. The summed E-state index contributed by atoms with van der Waals surface area (Å²) in [5, 5.41) is 0. The van der Waals surface area contributed by atoms with Gasteiger partial charge >= 0.3 is 0 Å². The molecule has 0 spiro atoms. The summed E-state index contributed by atoms with van der Waals surface area (Å²) in [5.74, 6) is 0.782. The fourth-order valence-corrected chi connectivity index (χ4v) is 4.05. The van der Waals surface area contributed by atoms with Crippen molar-refractivity contribution >= 4 is 5.78 Å². The maximum Gasteiger partial charge on any atom is 0.137 e. The molecule has 0 radical (unpaired) electrons. The van der Waals surface area contributed by atoms with E-state index in [0.29, 0.717) is 18.0 Å². The summed E-state index contributed by atoms with van der Waals surface area (Å²) in [6.45, 7) is 7.20. The summed E-state index contributed by atoms with van der Waals surface area (Å²) in [5.41, 5.74) is 0. The first kappa shape index (κ1) is 17.9. The predicted octanol–water partition coefficient (Wildman–Crippen LogP) is 4.20. The van der Waals surface area contributed by atoms with Crippen molar-refractivity contribution in [3.05, 3.63) is 0 Å². The molecule has 128 valence electrons. The van der Waals surface area contributed by atoms with Gasteiger partial charge in [-0.2, -0.15) is 0 Å². The number of carbonyl (C=O) groups is 1. The molecule has 0 unspecified atom stereocenters. The number of morpholine rings is 1. The summed E-state index contributed by atoms with van der Waals surface area (Å²) in [4.78, 5) is 15.1. The minimum atomic E-state index is 0.261. The number of ether oxygens (including phenoxy) is 1. The number of nitrogens with zero attached hydrogens (tertiary/aromatic N) is 1. The van der Waals surface area contributed by atoms with Crippen LogP contribution in [0.5, 0.6) is 0 Å². The molecule has 0 aromatic carbocycles. The molecule has 22 heavy (non-hydrogen) atoms. The minimum absolute atomic E-state index is 0.261. The molecule has 1 saturated carbocycles. The van der Waals surface area contributed by atoms with Crippen LogP contribution in [0.3, 0.4) is 0 Å². The maximum atomic E-state index is 12.6. The second-order valence-corrected chi connectivity index (χ2v) is 7.51. The van der Waals surface area contributed by atoms with Crippen LogP contribution in [-0.4, -0.2) is 42.5 Å². The maximum absolute atomic E-state index is 12.6. The van der Waals surface area contributed by atoms with Gasteiger partial charge in [0, 0.05) is 32.0 Å².